The van der Waals surface area contributed by atoms with Crippen LogP contribution in [0.15, 0.2) is 108 Å². The van der Waals surface area contributed by atoms with Gasteiger partial charge in [0.15, 0.2) is 29.0 Å². The van der Waals surface area contributed by atoms with E-state index in [0.29, 0.717) is 47.8 Å². The Morgan fingerprint density at radius 3 is 2.18 bits per heavy atom. The van der Waals surface area contributed by atoms with Gasteiger partial charge in [0.1, 0.15) is 18.3 Å². The maximum Gasteiger partial charge on any atom is 0.227 e. The number of aliphatic hydroxyl groups excluding tert-OH is 3. The van der Waals surface area contributed by atoms with Gasteiger partial charge in [-0.25, -0.2) is 4.98 Å². The van der Waals surface area contributed by atoms with Gasteiger partial charge in [0.2, 0.25) is 5.95 Å². The number of nitrogens with one attached hydrogen (secondary N) is 2. The Labute approximate surface area is 283 Å². The van der Waals surface area contributed by atoms with Crippen molar-refractivity contribution in [3.63, 3.8) is 0 Å². The topological polar surface area (TPSA) is 164 Å². The summed E-state index contributed by atoms with van der Waals surface area (Å²) < 4.78 is 13.2. The second-order valence-corrected chi connectivity index (χ2v) is 12.2. The van der Waals surface area contributed by atoms with Crippen molar-refractivity contribution in [1.82, 2.24) is 24.7 Å². The smallest absolute Gasteiger partial charge is 0.227 e. The van der Waals surface area contributed by atoms with Crippen LogP contribution in [0, 0.1) is 0 Å². The number of hydrogen-bond donors (Lipinski definition) is 5. The lowest BCUT2D eigenvalue weighted by atomic mass is 9.91. The standard InChI is InChI=1S/C37H39N7O5/c1-2-26-19-29(49-43-26)33-31(46)32(47)36(48-33)44-22-39-30-34(38-20-28(24-14-8-4-9-15-24)25-16-10-5-11-17-25)41-37(42-35(30)44)40-27(21-45)18-23-12-6-3-7-13-23/h3-17,19,22,27-28,31-33,36,45-47H,2,18,20-21H2,1H3,(H2,38,40,41,42)/t27?,31-,32+,33?,36+/m0/s1. The number of imidazole rings is 1. The summed E-state index contributed by atoms with van der Waals surface area (Å²) in [6.07, 6.45) is -1.85. The second kappa shape index (κ2) is 14.5. The van der Waals surface area contributed by atoms with Gasteiger partial charge in [-0.05, 0) is 29.5 Å². The number of anilines is 2. The van der Waals surface area contributed by atoms with E-state index in [2.05, 4.69) is 45.0 Å². The molecule has 0 radical (unpaired) electrons. The van der Waals surface area contributed by atoms with Gasteiger partial charge in [-0.15, -0.1) is 0 Å². The zero-order valence-electron chi connectivity index (χ0n) is 27.0. The Kier molecular flexibility index (Phi) is 9.62. The molecule has 0 aliphatic carbocycles. The van der Waals surface area contributed by atoms with Gasteiger partial charge in [0, 0.05) is 18.5 Å². The fraction of sp³-hybridized carbons (Fsp3) is 0.297. The predicted molar refractivity (Wildman–Crippen MR) is 184 cm³/mol. The average molecular weight is 662 g/mol. The van der Waals surface area contributed by atoms with Crippen molar-refractivity contribution in [2.45, 2.75) is 56.3 Å². The van der Waals surface area contributed by atoms with E-state index in [1.54, 1.807) is 10.6 Å². The van der Waals surface area contributed by atoms with E-state index < -0.39 is 24.5 Å². The number of aryl methyl sites for hydroxylation is 1. The van der Waals surface area contributed by atoms with Crippen LogP contribution >= 0.6 is 0 Å². The summed E-state index contributed by atoms with van der Waals surface area (Å²) in [5.74, 6) is 1.05. The number of fused-ring (bicyclic) bond motifs is 1. The number of ether oxygens (including phenoxy) is 1. The van der Waals surface area contributed by atoms with Crippen LogP contribution in [0.1, 0.15) is 53.3 Å². The molecule has 3 aromatic heterocycles. The Hall–Kier alpha value is -5.14. The molecule has 1 saturated heterocycles. The van der Waals surface area contributed by atoms with Crippen LogP contribution in [0.5, 0.6) is 0 Å². The highest BCUT2D eigenvalue weighted by molar-refractivity contribution is 5.84. The summed E-state index contributed by atoms with van der Waals surface area (Å²) in [6, 6.07) is 31.7. The first-order valence-corrected chi connectivity index (χ1v) is 16.5. The minimum absolute atomic E-state index is 0.00000813. The number of nitrogens with zero attached hydrogens (tertiary/aromatic N) is 5. The quantitative estimate of drug-likeness (QED) is 0.117. The zero-order valence-corrected chi connectivity index (χ0v) is 27.0. The van der Waals surface area contributed by atoms with E-state index >= 15 is 0 Å². The summed E-state index contributed by atoms with van der Waals surface area (Å²) in [5, 5.41) is 43.4. The van der Waals surface area contributed by atoms with Gasteiger partial charge in [0.25, 0.3) is 0 Å². The summed E-state index contributed by atoms with van der Waals surface area (Å²) in [7, 11) is 0. The Balaban J connectivity index is 1.24. The van der Waals surface area contributed by atoms with Crippen molar-refractivity contribution >= 4 is 22.9 Å². The first kappa shape index (κ1) is 32.4. The van der Waals surface area contributed by atoms with Crippen LogP contribution in [0.3, 0.4) is 0 Å². The van der Waals surface area contributed by atoms with Crippen LogP contribution < -0.4 is 10.6 Å². The highest BCUT2D eigenvalue weighted by Gasteiger charge is 2.47. The van der Waals surface area contributed by atoms with Crippen LogP contribution in [0.25, 0.3) is 11.2 Å². The maximum absolute atomic E-state index is 11.2. The van der Waals surface area contributed by atoms with Crippen molar-refractivity contribution in [2.75, 3.05) is 23.8 Å². The molecule has 0 saturated carbocycles. The number of hydrogen-bond acceptors (Lipinski definition) is 11. The summed E-state index contributed by atoms with van der Waals surface area (Å²) >= 11 is 0. The van der Waals surface area contributed by atoms with Crippen LogP contribution in [-0.2, 0) is 17.6 Å². The third-order valence-corrected chi connectivity index (χ3v) is 8.91. The summed E-state index contributed by atoms with van der Waals surface area (Å²) in [5.41, 5.74) is 4.87. The molecule has 12 nitrogen and oxygen atoms in total. The minimum atomic E-state index is -1.32. The number of aliphatic hydroxyl groups is 3. The van der Waals surface area contributed by atoms with Crippen LogP contribution in [0.4, 0.5) is 11.8 Å². The zero-order chi connectivity index (χ0) is 33.7. The molecule has 7 rings (SSSR count). The third kappa shape index (κ3) is 6.90. The molecule has 1 aliphatic heterocycles. The molecule has 12 heteroatoms. The van der Waals surface area contributed by atoms with Crippen molar-refractivity contribution < 1.29 is 24.6 Å². The van der Waals surface area contributed by atoms with Gasteiger partial charge in [-0.1, -0.05) is 103 Å². The number of benzene rings is 3. The van der Waals surface area contributed by atoms with E-state index in [4.69, 9.17) is 19.2 Å². The van der Waals surface area contributed by atoms with Gasteiger partial charge < -0.3 is 35.2 Å². The van der Waals surface area contributed by atoms with Crippen LogP contribution in [-0.4, -0.2) is 71.4 Å². The van der Waals surface area contributed by atoms with Gasteiger partial charge in [-0.2, -0.15) is 9.97 Å². The molecule has 0 amide bonds. The Bertz CT molecular complexity index is 1910. The molecule has 49 heavy (non-hydrogen) atoms. The first-order valence-electron chi connectivity index (χ1n) is 16.5. The lowest BCUT2D eigenvalue weighted by Crippen LogP contribution is -2.29. The van der Waals surface area contributed by atoms with Gasteiger partial charge in [-0.3, -0.25) is 4.57 Å². The number of aromatic nitrogens is 5. The molecule has 252 valence electrons. The fourth-order valence-corrected chi connectivity index (χ4v) is 6.28. The highest BCUT2D eigenvalue weighted by Crippen LogP contribution is 2.40. The molecule has 5 N–H and O–H groups in total. The van der Waals surface area contributed by atoms with Gasteiger partial charge >= 0.3 is 0 Å². The largest absolute Gasteiger partial charge is 0.394 e. The van der Waals surface area contributed by atoms with E-state index in [1.807, 2.05) is 73.7 Å². The average Bonchev–Trinajstić information content (AvgIpc) is 3.87. The molecule has 5 atom stereocenters. The van der Waals surface area contributed by atoms with Crippen LogP contribution in [0.2, 0.25) is 0 Å². The molecule has 4 heterocycles. The monoisotopic (exact) mass is 661 g/mol. The van der Waals surface area contributed by atoms with Crippen molar-refractivity contribution in [1.29, 1.82) is 0 Å². The lowest BCUT2D eigenvalue weighted by molar-refractivity contribution is -0.0434. The van der Waals surface area contributed by atoms with Crippen molar-refractivity contribution in [3.8, 4) is 0 Å². The second-order valence-electron chi connectivity index (χ2n) is 12.2. The summed E-state index contributed by atoms with van der Waals surface area (Å²) in [6.45, 7) is 2.29. The lowest BCUT2D eigenvalue weighted by Gasteiger charge is -2.21. The predicted octanol–water partition coefficient (Wildman–Crippen LogP) is 4.63. The minimum Gasteiger partial charge on any atom is -0.394 e. The van der Waals surface area contributed by atoms with E-state index in [9.17, 15) is 15.3 Å². The molecule has 2 unspecified atom stereocenters. The fourth-order valence-electron chi connectivity index (χ4n) is 6.28. The van der Waals surface area contributed by atoms with E-state index in [0.717, 1.165) is 16.7 Å². The molecule has 1 aliphatic rings. The third-order valence-electron chi connectivity index (χ3n) is 8.91. The van der Waals surface area contributed by atoms with E-state index in [-0.39, 0.29) is 24.5 Å². The maximum atomic E-state index is 11.2. The molecule has 0 bridgehead atoms. The normalized spacial score (nSPS) is 19.8. The Morgan fingerprint density at radius 2 is 1.55 bits per heavy atom. The first-order chi connectivity index (χ1) is 24.0. The summed E-state index contributed by atoms with van der Waals surface area (Å²) in [4.78, 5) is 14.3. The molecule has 1 fully saturated rings. The van der Waals surface area contributed by atoms with Crippen molar-refractivity contribution in [3.05, 3.63) is 132 Å². The molecular weight excluding hydrogens is 622 g/mol. The SMILES string of the molecule is CCc1cc(C2O[C@@H](n3cnc4c(NCC(c5ccccc5)c5ccccc5)nc(NC(CO)Cc5ccccc5)nc43)[C@H](O)[C@@H]2O)on1. The number of rotatable bonds is 13. The van der Waals surface area contributed by atoms with Crippen molar-refractivity contribution in [2.24, 2.45) is 0 Å². The van der Waals surface area contributed by atoms with Gasteiger partial charge in [0.05, 0.1) is 24.7 Å². The highest BCUT2D eigenvalue weighted by atomic mass is 16.6. The Morgan fingerprint density at radius 1 is 0.878 bits per heavy atom. The van der Waals surface area contributed by atoms with E-state index in [1.165, 1.54) is 6.33 Å². The molecular formula is C37H39N7O5. The molecule has 6 aromatic rings. The molecule has 0 spiro atoms. The molecule has 3 aromatic carbocycles.